The van der Waals surface area contributed by atoms with Crippen LogP contribution in [0.5, 0.6) is 5.75 Å². The van der Waals surface area contributed by atoms with E-state index in [1.807, 2.05) is 31.3 Å². The predicted octanol–water partition coefficient (Wildman–Crippen LogP) is 4.74. The number of hydrogen-bond acceptors (Lipinski definition) is 4. The monoisotopic (exact) mass is 369 g/mol. The van der Waals surface area contributed by atoms with Gasteiger partial charge in [0, 0.05) is 23.0 Å². The third kappa shape index (κ3) is 4.78. The first-order valence-electron chi connectivity index (χ1n) is 8.64. The van der Waals surface area contributed by atoms with E-state index in [0.717, 1.165) is 35.1 Å². The molecule has 27 heavy (non-hydrogen) atoms. The Hall–Kier alpha value is -3.02. The molecule has 1 atom stereocenters. The summed E-state index contributed by atoms with van der Waals surface area (Å²) in [5.41, 5.74) is 10.4. The molecule has 0 spiro atoms. The molecule has 0 bridgehead atoms. The summed E-state index contributed by atoms with van der Waals surface area (Å²) in [5.74, 6) is 0.844. The van der Waals surface area contributed by atoms with E-state index in [2.05, 4.69) is 21.3 Å². The fourth-order valence-corrected chi connectivity index (χ4v) is 2.89. The first-order valence-corrected chi connectivity index (χ1v) is 8.64. The summed E-state index contributed by atoms with van der Waals surface area (Å²) in [6.45, 7) is 3.05. The van der Waals surface area contributed by atoms with Gasteiger partial charge >= 0.3 is 6.61 Å². The van der Waals surface area contributed by atoms with Gasteiger partial charge in [0.05, 0.1) is 6.04 Å². The van der Waals surface area contributed by atoms with Crippen molar-refractivity contribution >= 4 is 23.3 Å². The minimum Gasteiger partial charge on any atom is -0.435 e. The van der Waals surface area contributed by atoms with Crippen LogP contribution in [0.1, 0.15) is 30.0 Å². The standard InChI is InChI=1S/C21H21F2N3O/c1-13(2)18-11-15(6-10-19(18)24)20-25-12-16(26-20)7-3-14-4-8-17(9-5-14)27-21(22)23/h4-6,8-12,16,21H,1,3,7,24H2,2H3. The lowest BCUT2D eigenvalue weighted by Crippen LogP contribution is -2.05. The number of halogens is 2. The maximum Gasteiger partial charge on any atom is 0.387 e. The van der Waals surface area contributed by atoms with Gasteiger partial charge in [-0.3, -0.25) is 4.99 Å². The Morgan fingerprint density at radius 2 is 1.96 bits per heavy atom. The minimum absolute atomic E-state index is 0.0113. The molecular weight excluding hydrogens is 348 g/mol. The molecule has 6 heteroatoms. The topological polar surface area (TPSA) is 60.0 Å². The van der Waals surface area contributed by atoms with Gasteiger partial charge in [-0.15, -0.1) is 0 Å². The SMILES string of the molecule is C=C(C)c1cc(C2=NC(CCc3ccc(OC(F)F)cc3)C=N2)ccc1N. The molecule has 0 saturated heterocycles. The maximum absolute atomic E-state index is 12.2. The van der Waals surface area contributed by atoms with E-state index in [4.69, 9.17) is 5.73 Å². The number of aryl methyl sites for hydroxylation is 1. The highest BCUT2D eigenvalue weighted by Crippen LogP contribution is 2.23. The number of nitrogens with zero attached hydrogens (tertiary/aromatic N) is 2. The second kappa shape index (κ2) is 8.12. The molecule has 3 rings (SSSR count). The third-order valence-corrected chi connectivity index (χ3v) is 4.31. The van der Waals surface area contributed by atoms with Crippen molar-refractivity contribution in [1.29, 1.82) is 0 Å². The average Bonchev–Trinajstić information content (AvgIpc) is 3.10. The number of allylic oxidation sites excluding steroid dienone is 1. The minimum atomic E-state index is -2.81. The molecule has 140 valence electrons. The molecule has 1 unspecified atom stereocenters. The highest BCUT2D eigenvalue weighted by atomic mass is 19.3. The van der Waals surface area contributed by atoms with E-state index in [1.54, 1.807) is 24.3 Å². The summed E-state index contributed by atoms with van der Waals surface area (Å²) in [6, 6.07) is 12.4. The van der Waals surface area contributed by atoms with Crippen molar-refractivity contribution in [2.45, 2.75) is 32.4 Å². The van der Waals surface area contributed by atoms with Crippen molar-refractivity contribution in [3.8, 4) is 5.75 Å². The number of alkyl halides is 2. The van der Waals surface area contributed by atoms with Crippen molar-refractivity contribution in [3.63, 3.8) is 0 Å². The molecule has 0 aromatic heterocycles. The third-order valence-electron chi connectivity index (χ3n) is 4.31. The molecule has 0 saturated carbocycles. The van der Waals surface area contributed by atoms with Crippen LogP contribution < -0.4 is 10.5 Å². The Bertz CT molecular complexity index is 889. The molecule has 2 N–H and O–H groups in total. The molecule has 4 nitrogen and oxygen atoms in total. The van der Waals surface area contributed by atoms with E-state index in [-0.39, 0.29) is 11.8 Å². The molecular formula is C21H21F2N3O. The normalized spacial score (nSPS) is 15.9. The number of ether oxygens (including phenoxy) is 1. The van der Waals surface area contributed by atoms with Gasteiger partial charge < -0.3 is 10.5 Å². The number of hydrogen-bond donors (Lipinski definition) is 1. The maximum atomic E-state index is 12.2. The molecule has 2 aromatic carbocycles. The number of rotatable bonds is 7. The zero-order chi connectivity index (χ0) is 19.4. The van der Waals surface area contributed by atoms with Crippen LogP contribution in [0.15, 0.2) is 59.0 Å². The summed E-state index contributed by atoms with van der Waals surface area (Å²) in [6.07, 6.45) is 3.38. The zero-order valence-corrected chi connectivity index (χ0v) is 15.0. The summed E-state index contributed by atoms with van der Waals surface area (Å²) < 4.78 is 28.7. The summed E-state index contributed by atoms with van der Waals surface area (Å²) in [5, 5.41) is 0. The van der Waals surface area contributed by atoms with Gasteiger partial charge in [0.1, 0.15) is 5.75 Å². The summed E-state index contributed by atoms with van der Waals surface area (Å²) in [7, 11) is 0. The van der Waals surface area contributed by atoms with Crippen LogP contribution in [0.25, 0.3) is 5.57 Å². The van der Waals surface area contributed by atoms with Gasteiger partial charge in [-0.1, -0.05) is 18.7 Å². The van der Waals surface area contributed by atoms with Gasteiger partial charge in [-0.25, -0.2) is 4.99 Å². The van der Waals surface area contributed by atoms with Crippen molar-refractivity contribution in [2.75, 3.05) is 5.73 Å². The van der Waals surface area contributed by atoms with Gasteiger partial charge in [0.25, 0.3) is 0 Å². The number of nitrogens with two attached hydrogens (primary N) is 1. The zero-order valence-electron chi connectivity index (χ0n) is 15.0. The number of nitrogen functional groups attached to an aromatic ring is 1. The van der Waals surface area contributed by atoms with Crippen LogP contribution in [0.4, 0.5) is 14.5 Å². The van der Waals surface area contributed by atoms with Gasteiger partial charge in [0.15, 0.2) is 5.84 Å². The lowest BCUT2D eigenvalue weighted by atomic mass is 10.0. The Kier molecular flexibility index (Phi) is 5.64. The van der Waals surface area contributed by atoms with Crippen molar-refractivity contribution in [3.05, 3.63) is 65.7 Å². The van der Waals surface area contributed by atoms with E-state index in [9.17, 15) is 8.78 Å². The first-order chi connectivity index (χ1) is 12.9. The lowest BCUT2D eigenvalue weighted by molar-refractivity contribution is -0.0498. The number of anilines is 1. The van der Waals surface area contributed by atoms with Crippen molar-refractivity contribution in [1.82, 2.24) is 0 Å². The Balaban J connectivity index is 1.62. The van der Waals surface area contributed by atoms with E-state index in [1.165, 1.54) is 0 Å². The molecule has 0 radical (unpaired) electrons. The van der Waals surface area contributed by atoms with Crippen LogP contribution in [0.3, 0.4) is 0 Å². The fourth-order valence-electron chi connectivity index (χ4n) is 2.89. The Labute approximate surface area is 157 Å². The van der Waals surface area contributed by atoms with E-state index >= 15 is 0 Å². The summed E-state index contributed by atoms with van der Waals surface area (Å²) in [4.78, 5) is 9.09. The van der Waals surface area contributed by atoms with Crippen molar-refractivity contribution in [2.24, 2.45) is 9.98 Å². The Morgan fingerprint density at radius 1 is 1.22 bits per heavy atom. The Morgan fingerprint density at radius 3 is 2.63 bits per heavy atom. The summed E-state index contributed by atoms with van der Waals surface area (Å²) >= 11 is 0. The molecule has 1 aliphatic heterocycles. The van der Waals surface area contributed by atoms with Crippen LogP contribution in [-0.4, -0.2) is 24.7 Å². The molecule has 0 aliphatic carbocycles. The fraction of sp³-hybridized carbons (Fsp3) is 0.238. The lowest BCUT2D eigenvalue weighted by Gasteiger charge is -2.08. The van der Waals surface area contributed by atoms with Gasteiger partial charge in [0.2, 0.25) is 0 Å². The molecule has 1 aliphatic rings. The molecule has 2 aromatic rings. The van der Waals surface area contributed by atoms with Crippen LogP contribution in [0.2, 0.25) is 0 Å². The number of aliphatic imine (C=N–C) groups is 2. The van der Waals surface area contributed by atoms with Crippen LogP contribution in [0, 0.1) is 0 Å². The first kappa shape index (κ1) is 18.8. The molecule has 1 heterocycles. The predicted molar refractivity (Wildman–Crippen MR) is 106 cm³/mol. The van der Waals surface area contributed by atoms with Crippen molar-refractivity contribution < 1.29 is 13.5 Å². The van der Waals surface area contributed by atoms with Crippen LogP contribution >= 0.6 is 0 Å². The largest absolute Gasteiger partial charge is 0.435 e. The second-order valence-electron chi connectivity index (χ2n) is 6.44. The van der Waals surface area contributed by atoms with Gasteiger partial charge in [-0.05, 0) is 61.2 Å². The highest BCUT2D eigenvalue weighted by Gasteiger charge is 2.15. The van der Waals surface area contributed by atoms with E-state index in [0.29, 0.717) is 11.5 Å². The highest BCUT2D eigenvalue weighted by molar-refractivity contribution is 6.07. The van der Waals surface area contributed by atoms with E-state index < -0.39 is 6.61 Å². The molecule has 0 amide bonds. The van der Waals surface area contributed by atoms with Crippen LogP contribution in [-0.2, 0) is 6.42 Å². The second-order valence-corrected chi connectivity index (χ2v) is 6.44. The number of benzene rings is 2. The van der Waals surface area contributed by atoms with Gasteiger partial charge in [-0.2, -0.15) is 8.78 Å². The number of amidine groups is 1. The smallest absolute Gasteiger partial charge is 0.387 e. The molecule has 0 fully saturated rings. The quantitative estimate of drug-likeness (QED) is 0.717. The average molecular weight is 369 g/mol.